The van der Waals surface area contributed by atoms with Crippen molar-refractivity contribution in [3.8, 4) is 0 Å². The molecule has 0 bridgehead atoms. The molecule has 18 heavy (non-hydrogen) atoms. The third-order valence-corrected chi connectivity index (χ3v) is 2.97. The highest BCUT2D eigenvalue weighted by molar-refractivity contribution is 9.10. The summed E-state index contributed by atoms with van der Waals surface area (Å²) in [6, 6.07) is -0.395. The minimum absolute atomic E-state index is 0.0791. The largest absolute Gasteiger partial charge is 0.358 e. The third kappa shape index (κ3) is 3.81. The molecule has 0 saturated heterocycles. The molecule has 8 heteroatoms. The molecule has 5 N–H and O–H groups in total. The van der Waals surface area contributed by atoms with Gasteiger partial charge in [0.2, 0.25) is 5.91 Å². The fraction of sp³-hybridized carbons (Fsp3) is 0.500. The molecule has 1 atom stereocenters. The fourth-order valence-corrected chi connectivity index (χ4v) is 1.68. The number of carbonyl (C=O) groups excluding carboxylic acids is 1. The summed E-state index contributed by atoms with van der Waals surface area (Å²) in [5.41, 5.74) is 2.43. The maximum atomic E-state index is 11.7. The lowest BCUT2D eigenvalue weighted by molar-refractivity contribution is -0.121. The lowest BCUT2D eigenvalue weighted by Gasteiger charge is -2.15. The third-order valence-electron chi connectivity index (χ3n) is 2.22. The first kappa shape index (κ1) is 14.7. The van der Waals surface area contributed by atoms with Crippen molar-refractivity contribution >= 4 is 33.5 Å². The van der Waals surface area contributed by atoms with Gasteiger partial charge < -0.3 is 16.1 Å². The summed E-state index contributed by atoms with van der Waals surface area (Å²) >= 11 is 3.31. The van der Waals surface area contributed by atoms with Gasteiger partial charge in [-0.3, -0.25) is 4.79 Å². The molecule has 0 spiro atoms. The van der Waals surface area contributed by atoms with Gasteiger partial charge in [0.15, 0.2) is 5.82 Å². The summed E-state index contributed by atoms with van der Waals surface area (Å²) in [6.07, 6.45) is 2.26. The molecule has 1 rings (SSSR count). The number of carbonyl (C=O) groups is 1. The van der Waals surface area contributed by atoms with Gasteiger partial charge in [-0.25, -0.2) is 15.8 Å². The maximum absolute atomic E-state index is 11.7. The molecule has 0 aliphatic carbocycles. The molecule has 1 heterocycles. The quantitative estimate of drug-likeness (QED) is 0.458. The average Bonchev–Trinajstić information content (AvgIpc) is 2.38. The predicted molar refractivity (Wildman–Crippen MR) is 73.9 cm³/mol. The number of amides is 1. The van der Waals surface area contributed by atoms with Gasteiger partial charge in [-0.1, -0.05) is 6.92 Å². The van der Waals surface area contributed by atoms with Gasteiger partial charge in [0, 0.05) is 6.54 Å². The number of nitrogens with two attached hydrogens (primary N) is 1. The van der Waals surface area contributed by atoms with Gasteiger partial charge in [0.25, 0.3) is 0 Å². The van der Waals surface area contributed by atoms with Crippen LogP contribution in [0, 0.1) is 0 Å². The van der Waals surface area contributed by atoms with Crippen LogP contribution in [-0.4, -0.2) is 28.5 Å². The van der Waals surface area contributed by atoms with Crippen LogP contribution in [0.15, 0.2) is 10.8 Å². The summed E-state index contributed by atoms with van der Waals surface area (Å²) in [6.45, 7) is 4.42. The Morgan fingerprint density at radius 2 is 2.17 bits per heavy atom. The molecule has 0 aromatic carbocycles. The zero-order chi connectivity index (χ0) is 13.5. The molecule has 0 radical (unpaired) electrons. The first-order valence-corrected chi connectivity index (χ1v) is 6.40. The van der Waals surface area contributed by atoms with Crippen LogP contribution >= 0.6 is 15.9 Å². The Morgan fingerprint density at radius 3 is 2.78 bits per heavy atom. The number of rotatable bonds is 6. The number of halogens is 1. The highest BCUT2D eigenvalue weighted by atomic mass is 79.9. The number of hydrogen-bond acceptors (Lipinski definition) is 6. The summed E-state index contributed by atoms with van der Waals surface area (Å²) in [5.74, 6) is 6.18. The van der Waals surface area contributed by atoms with E-state index in [9.17, 15) is 4.79 Å². The number of nitrogens with one attached hydrogen (secondary N) is 3. The lowest BCUT2D eigenvalue weighted by atomic mass is 10.3. The second-order valence-electron chi connectivity index (χ2n) is 3.69. The zero-order valence-corrected chi connectivity index (χ0v) is 11.9. The Balaban J connectivity index is 2.69. The standard InChI is InChI=1S/C10H17BrN6O/c1-3-4-13-10(18)6(2)16-8-7(11)9(17-12)15-5-14-8/h5-6H,3-4,12H2,1-2H3,(H,13,18)(H2,14,15,16,17). The van der Waals surface area contributed by atoms with E-state index in [-0.39, 0.29) is 5.91 Å². The summed E-state index contributed by atoms with van der Waals surface area (Å²) in [4.78, 5) is 19.7. The van der Waals surface area contributed by atoms with Crippen molar-refractivity contribution in [2.75, 3.05) is 17.3 Å². The topological polar surface area (TPSA) is 105 Å². The van der Waals surface area contributed by atoms with Crippen LogP contribution < -0.4 is 21.9 Å². The molecule has 0 fully saturated rings. The number of anilines is 2. The van der Waals surface area contributed by atoms with Gasteiger partial charge >= 0.3 is 0 Å². The Kier molecular flexibility index (Phi) is 5.79. The van der Waals surface area contributed by atoms with Crippen molar-refractivity contribution in [1.82, 2.24) is 15.3 Å². The van der Waals surface area contributed by atoms with Crippen LogP contribution in [0.3, 0.4) is 0 Å². The van der Waals surface area contributed by atoms with Crippen molar-refractivity contribution in [3.63, 3.8) is 0 Å². The van der Waals surface area contributed by atoms with Gasteiger partial charge in [-0.05, 0) is 29.3 Å². The highest BCUT2D eigenvalue weighted by Gasteiger charge is 2.15. The van der Waals surface area contributed by atoms with Gasteiger partial charge in [-0.2, -0.15) is 0 Å². The molecule has 100 valence electrons. The van der Waals surface area contributed by atoms with Crippen LogP contribution in [0.2, 0.25) is 0 Å². The van der Waals surface area contributed by atoms with Gasteiger partial charge in [0.05, 0.1) is 0 Å². The maximum Gasteiger partial charge on any atom is 0.242 e. The molecule has 1 aromatic rings. The summed E-state index contributed by atoms with van der Waals surface area (Å²) < 4.78 is 0.586. The molecule has 0 saturated carbocycles. The van der Waals surface area contributed by atoms with Gasteiger partial charge in [-0.15, -0.1) is 0 Å². The molecule has 1 unspecified atom stereocenters. The molecule has 7 nitrogen and oxygen atoms in total. The predicted octanol–water partition coefficient (Wildman–Crippen LogP) is 0.851. The monoisotopic (exact) mass is 316 g/mol. The van der Waals surface area contributed by atoms with Crippen molar-refractivity contribution in [2.24, 2.45) is 5.84 Å². The van der Waals surface area contributed by atoms with E-state index >= 15 is 0 Å². The minimum Gasteiger partial charge on any atom is -0.358 e. The highest BCUT2D eigenvalue weighted by Crippen LogP contribution is 2.25. The molecule has 1 amide bonds. The molecular weight excluding hydrogens is 300 g/mol. The lowest BCUT2D eigenvalue weighted by Crippen LogP contribution is -2.38. The van der Waals surface area contributed by atoms with Crippen LogP contribution in [-0.2, 0) is 4.79 Å². The smallest absolute Gasteiger partial charge is 0.242 e. The number of hydrazine groups is 1. The Morgan fingerprint density at radius 1 is 1.50 bits per heavy atom. The summed E-state index contributed by atoms with van der Waals surface area (Å²) in [5, 5.41) is 5.79. The fourth-order valence-electron chi connectivity index (χ4n) is 1.24. The number of aromatic nitrogens is 2. The number of nitrogens with zero attached hydrogens (tertiary/aromatic N) is 2. The molecule has 0 aliphatic heterocycles. The zero-order valence-electron chi connectivity index (χ0n) is 10.3. The SMILES string of the molecule is CCCNC(=O)C(C)Nc1ncnc(NN)c1Br. The van der Waals surface area contributed by atoms with E-state index in [0.717, 1.165) is 6.42 Å². The average molecular weight is 317 g/mol. The molecule has 0 aliphatic rings. The van der Waals surface area contributed by atoms with Crippen LogP contribution in [0.25, 0.3) is 0 Å². The van der Waals surface area contributed by atoms with E-state index in [1.807, 2.05) is 6.92 Å². The Bertz CT molecular complexity index is 413. The van der Waals surface area contributed by atoms with E-state index in [1.54, 1.807) is 6.92 Å². The van der Waals surface area contributed by atoms with Crippen molar-refractivity contribution in [1.29, 1.82) is 0 Å². The van der Waals surface area contributed by atoms with Crippen molar-refractivity contribution < 1.29 is 4.79 Å². The Labute approximate surface area is 114 Å². The van der Waals surface area contributed by atoms with Crippen molar-refractivity contribution in [2.45, 2.75) is 26.3 Å². The van der Waals surface area contributed by atoms with E-state index in [2.05, 4.69) is 42.0 Å². The number of nitrogen functional groups attached to an aromatic ring is 1. The normalized spacial score (nSPS) is 11.8. The summed E-state index contributed by atoms with van der Waals surface area (Å²) in [7, 11) is 0. The van der Waals surface area contributed by atoms with E-state index < -0.39 is 6.04 Å². The molecule has 1 aromatic heterocycles. The second-order valence-corrected chi connectivity index (χ2v) is 4.48. The van der Waals surface area contributed by atoms with Crippen molar-refractivity contribution in [3.05, 3.63) is 10.8 Å². The number of hydrogen-bond donors (Lipinski definition) is 4. The Hall–Kier alpha value is -1.41. The van der Waals surface area contributed by atoms with E-state index in [4.69, 9.17) is 5.84 Å². The molecular formula is C10H17BrN6O. The van der Waals surface area contributed by atoms with Gasteiger partial charge in [0.1, 0.15) is 22.7 Å². The second kappa shape index (κ2) is 7.12. The van der Waals surface area contributed by atoms with Crippen LogP contribution in [0.1, 0.15) is 20.3 Å². The van der Waals surface area contributed by atoms with Crippen LogP contribution in [0.4, 0.5) is 11.6 Å². The first-order chi connectivity index (χ1) is 8.60. The van der Waals surface area contributed by atoms with E-state index in [1.165, 1.54) is 6.33 Å². The first-order valence-electron chi connectivity index (χ1n) is 5.61. The van der Waals surface area contributed by atoms with E-state index in [0.29, 0.717) is 22.7 Å². The van der Waals surface area contributed by atoms with Crippen LogP contribution in [0.5, 0.6) is 0 Å². The minimum atomic E-state index is -0.395.